The number of hydrogen-bond donors (Lipinski definition) is 4. The first-order valence-corrected chi connectivity index (χ1v) is 13.4. The Balaban J connectivity index is 1.26. The van der Waals surface area contributed by atoms with Gasteiger partial charge in [-0.3, -0.25) is 9.59 Å². The molecule has 0 saturated heterocycles. The highest BCUT2D eigenvalue weighted by molar-refractivity contribution is 7.80. The van der Waals surface area contributed by atoms with Crippen molar-refractivity contribution in [1.82, 2.24) is 20.4 Å². The van der Waals surface area contributed by atoms with Gasteiger partial charge < -0.3 is 26.0 Å². The van der Waals surface area contributed by atoms with Gasteiger partial charge in [0.05, 0.1) is 5.56 Å². The lowest BCUT2D eigenvalue weighted by Crippen LogP contribution is -2.41. The lowest BCUT2D eigenvalue weighted by Gasteiger charge is -2.25. The second kappa shape index (κ2) is 10.1. The van der Waals surface area contributed by atoms with E-state index >= 15 is 0 Å². The van der Waals surface area contributed by atoms with E-state index in [1.165, 1.54) is 23.1 Å². The van der Waals surface area contributed by atoms with E-state index in [2.05, 4.69) is 31.1 Å². The maximum Gasteiger partial charge on any atom is 0.574 e. The summed E-state index contributed by atoms with van der Waals surface area (Å²) in [4.78, 5) is 26.7. The van der Waals surface area contributed by atoms with Crippen LogP contribution in [0.4, 0.5) is 24.0 Å². The minimum absolute atomic E-state index is 0.0217. The predicted octanol–water partition coefficient (Wildman–Crippen LogP) is 3.71. The molecule has 2 fully saturated rings. The highest BCUT2D eigenvalue weighted by Crippen LogP contribution is 2.40. The van der Waals surface area contributed by atoms with Crippen molar-refractivity contribution in [3.05, 3.63) is 22.1 Å². The summed E-state index contributed by atoms with van der Waals surface area (Å²) >= 11 is 6.85. The number of halogens is 3. The Morgan fingerprint density at radius 1 is 1.22 bits per heavy atom. The lowest BCUT2D eigenvalue weighted by atomic mass is 9.91. The summed E-state index contributed by atoms with van der Waals surface area (Å²) in [6, 6.07) is 0.999. The minimum Gasteiger partial charge on any atom is -0.386 e. The topological polar surface area (TPSA) is 109 Å². The largest absolute Gasteiger partial charge is 0.574 e. The number of aryl methyl sites for hydroxylation is 2. The molecule has 3 aliphatic carbocycles. The fourth-order valence-corrected chi connectivity index (χ4v) is 5.82. The Labute approximate surface area is 220 Å². The van der Waals surface area contributed by atoms with Crippen LogP contribution in [0.15, 0.2) is 6.07 Å². The molecular formula is C23H27F3N6O3S2. The van der Waals surface area contributed by atoms with Crippen LogP contribution in [0.25, 0.3) is 0 Å². The van der Waals surface area contributed by atoms with Crippen LogP contribution in [0.3, 0.4) is 0 Å². The number of aromatic nitrogens is 2. The molecule has 0 aromatic carbocycles. The molecule has 3 aliphatic rings. The number of hydrogen-bond acceptors (Lipinski definition) is 6. The number of carbonyl (C=O) groups is 2. The molecule has 9 nitrogen and oxygen atoms in total. The number of carbonyl (C=O) groups excluding carboxylic acids is 2. The SMILES string of the molecule is Cn1nc(OC(F)(F)F)cc1NC(=S)N[C@H]1CCc2sc(NC(=O)C3CC3)c(C(=O)NCC3CC3)c2C1. The number of ether oxygens (including phenoxy) is 1. The van der Waals surface area contributed by atoms with E-state index < -0.39 is 12.2 Å². The Morgan fingerprint density at radius 2 is 1.97 bits per heavy atom. The van der Waals surface area contributed by atoms with Crippen LogP contribution in [0.5, 0.6) is 5.88 Å². The van der Waals surface area contributed by atoms with Gasteiger partial charge in [0.25, 0.3) is 5.91 Å². The van der Waals surface area contributed by atoms with E-state index in [1.807, 2.05) is 0 Å². The maximum absolute atomic E-state index is 13.2. The molecule has 2 amide bonds. The Kier molecular flexibility index (Phi) is 7.05. The quantitative estimate of drug-likeness (QED) is 0.367. The molecule has 2 aromatic heterocycles. The number of rotatable bonds is 8. The number of thiophene rings is 1. The van der Waals surface area contributed by atoms with E-state index in [-0.39, 0.29) is 34.7 Å². The summed E-state index contributed by atoms with van der Waals surface area (Å²) in [6.07, 6.45) is 1.10. The normalized spacial score (nSPS) is 19.1. The van der Waals surface area contributed by atoms with Gasteiger partial charge in [-0.05, 0) is 68.6 Å². The van der Waals surface area contributed by atoms with Crippen molar-refractivity contribution >= 4 is 51.3 Å². The van der Waals surface area contributed by atoms with Crippen molar-refractivity contribution in [2.75, 3.05) is 17.2 Å². The van der Waals surface area contributed by atoms with Crippen molar-refractivity contribution in [2.45, 2.75) is 57.3 Å². The summed E-state index contributed by atoms with van der Waals surface area (Å²) < 4.78 is 42.5. The monoisotopic (exact) mass is 556 g/mol. The van der Waals surface area contributed by atoms with Gasteiger partial charge in [0.1, 0.15) is 10.8 Å². The second-order valence-electron chi connectivity index (χ2n) is 9.70. The van der Waals surface area contributed by atoms with Gasteiger partial charge in [0.15, 0.2) is 5.11 Å². The van der Waals surface area contributed by atoms with Crippen LogP contribution in [-0.2, 0) is 24.7 Å². The molecule has 0 bridgehead atoms. The summed E-state index contributed by atoms with van der Waals surface area (Å²) in [6.45, 7) is 0.625. The fraction of sp³-hybridized carbons (Fsp3) is 0.565. The van der Waals surface area contributed by atoms with Crippen LogP contribution in [0.2, 0.25) is 0 Å². The molecule has 0 unspecified atom stereocenters. The van der Waals surface area contributed by atoms with Crippen molar-refractivity contribution in [2.24, 2.45) is 18.9 Å². The van der Waals surface area contributed by atoms with Crippen LogP contribution >= 0.6 is 23.6 Å². The molecule has 2 heterocycles. The van der Waals surface area contributed by atoms with E-state index in [9.17, 15) is 22.8 Å². The zero-order valence-electron chi connectivity index (χ0n) is 20.0. The highest BCUT2D eigenvalue weighted by atomic mass is 32.1. The standard InChI is InChI=1S/C23H27F3N6O3S2/c1-32-16(9-17(31-32)35-23(24,25)26)29-22(36)28-13-6-7-15-14(8-13)18(20(34)27-10-11-2-3-11)21(37-15)30-19(33)12-4-5-12/h9,11-13H,2-8,10H2,1H3,(H,27,34)(H,30,33)(H2,28,29,36)/t13-/m0/s1. The number of nitrogens with one attached hydrogen (secondary N) is 4. The van der Waals surface area contributed by atoms with Gasteiger partial charge in [0.2, 0.25) is 11.8 Å². The average Bonchev–Trinajstić information content (AvgIpc) is 3.72. The first-order valence-electron chi connectivity index (χ1n) is 12.2. The zero-order valence-corrected chi connectivity index (χ0v) is 21.7. The van der Waals surface area contributed by atoms with Crippen LogP contribution in [-0.4, -0.2) is 45.7 Å². The first-order chi connectivity index (χ1) is 17.6. The number of nitrogens with zero attached hydrogens (tertiary/aromatic N) is 2. The smallest absolute Gasteiger partial charge is 0.386 e. The van der Waals surface area contributed by atoms with Gasteiger partial charge in [-0.1, -0.05) is 0 Å². The van der Waals surface area contributed by atoms with Crippen molar-refractivity contribution in [3.63, 3.8) is 0 Å². The number of thiocarbonyl (C=S) groups is 1. The molecule has 4 N–H and O–H groups in total. The lowest BCUT2D eigenvalue weighted by molar-refractivity contribution is -0.276. The first kappa shape index (κ1) is 25.8. The summed E-state index contributed by atoms with van der Waals surface area (Å²) in [5.41, 5.74) is 1.43. The molecule has 0 spiro atoms. The molecule has 2 saturated carbocycles. The molecule has 14 heteroatoms. The van der Waals surface area contributed by atoms with Gasteiger partial charge >= 0.3 is 6.36 Å². The molecule has 0 radical (unpaired) electrons. The number of anilines is 2. The van der Waals surface area contributed by atoms with Gasteiger partial charge in [-0.25, -0.2) is 4.68 Å². The number of fused-ring (bicyclic) bond motifs is 1. The van der Waals surface area contributed by atoms with Crippen LogP contribution in [0.1, 0.15) is 52.9 Å². The third-order valence-corrected chi connectivity index (χ3v) is 8.00. The van der Waals surface area contributed by atoms with Crippen molar-refractivity contribution in [3.8, 4) is 5.88 Å². The molecule has 200 valence electrons. The molecule has 2 aromatic rings. The third-order valence-electron chi connectivity index (χ3n) is 6.58. The summed E-state index contributed by atoms with van der Waals surface area (Å²) in [7, 11) is 1.47. The van der Waals surface area contributed by atoms with Gasteiger partial charge in [-0.2, -0.15) is 0 Å². The van der Waals surface area contributed by atoms with E-state index in [0.29, 0.717) is 35.9 Å². The van der Waals surface area contributed by atoms with E-state index in [0.717, 1.165) is 48.6 Å². The Hall–Kier alpha value is -2.87. The highest BCUT2D eigenvalue weighted by Gasteiger charge is 2.35. The molecule has 5 rings (SSSR count). The molecule has 37 heavy (non-hydrogen) atoms. The van der Waals surface area contributed by atoms with E-state index in [1.54, 1.807) is 0 Å². The zero-order chi connectivity index (χ0) is 26.3. The number of alkyl halides is 3. The van der Waals surface area contributed by atoms with Gasteiger partial charge in [0, 0.05) is 36.5 Å². The number of amides is 2. The van der Waals surface area contributed by atoms with Crippen molar-refractivity contribution < 1.29 is 27.5 Å². The summed E-state index contributed by atoms with van der Waals surface area (Å²) in [5.74, 6) is -0.0374. The van der Waals surface area contributed by atoms with E-state index in [4.69, 9.17) is 12.2 Å². The maximum atomic E-state index is 13.2. The van der Waals surface area contributed by atoms with Crippen molar-refractivity contribution in [1.29, 1.82) is 0 Å². The Bertz CT molecular complexity index is 1220. The van der Waals surface area contributed by atoms with Crippen LogP contribution < -0.4 is 26.0 Å². The predicted molar refractivity (Wildman–Crippen MR) is 136 cm³/mol. The minimum atomic E-state index is -4.84. The molecular weight excluding hydrogens is 529 g/mol. The molecule has 1 atom stereocenters. The fourth-order valence-electron chi connectivity index (χ4n) is 4.31. The third kappa shape index (κ3) is 6.53. The Morgan fingerprint density at radius 3 is 2.65 bits per heavy atom. The van der Waals surface area contributed by atoms with Crippen LogP contribution in [0, 0.1) is 11.8 Å². The van der Waals surface area contributed by atoms with Gasteiger partial charge in [-0.15, -0.1) is 29.6 Å². The average molecular weight is 557 g/mol. The molecule has 0 aliphatic heterocycles. The second-order valence-corrected chi connectivity index (χ2v) is 11.2. The summed E-state index contributed by atoms with van der Waals surface area (Å²) in [5, 5.41) is 16.6.